The first-order valence-corrected chi connectivity index (χ1v) is 9.65. The van der Waals surface area contributed by atoms with Crippen molar-refractivity contribution < 1.29 is 9.47 Å². The van der Waals surface area contributed by atoms with E-state index in [2.05, 4.69) is 9.88 Å². The molecule has 1 aliphatic rings. The molecule has 1 aliphatic heterocycles. The topological polar surface area (TPSA) is 67.5 Å². The Morgan fingerprint density at radius 3 is 2.63 bits per heavy atom. The van der Waals surface area contributed by atoms with Crippen LogP contribution in [0.1, 0.15) is 16.8 Å². The molecule has 0 radical (unpaired) electrons. The Morgan fingerprint density at radius 2 is 1.96 bits per heavy atom. The number of ether oxygens (including phenoxy) is 2. The van der Waals surface area contributed by atoms with E-state index in [0.717, 1.165) is 39.7 Å². The van der Waals surface area contributed by atoms with E-state index < -0.39 is 0 Å². The van der Waals surface area contributed by atoms with E-state index in [1.54, 1.807) is 25.6 Å². The molecule has 0 saturated carbocycles. The highest BCUT2D eigenvalue weighted by Gasteiger charge is 2.23. The van der Waals surface area contributed by atoms with Gasteiger partial charge in [0.1, 0.15) is 11.5 Å². The molecule has 0 spiro atoms. The van der Waals surface area contributed by atoms with Crippen LogP contribution in [0.3, 0.4) is 0 Å². The van der Waals surface area contributed by atoms with Crippen molar-refractivity contribution in [1.29, 1.82) is 0 Å². The Labute approximate surface area is 161 Å². The summed E-state index contributed by atoms with van der Waals surface area (Å²) in [5.41, 5.74) is 2.62. The van der Waals surface area contributed by atoms with Crippen molar-refractivity contribution in [3.05, 3.63) is 62.9 Å². The van der Waals surface area contributed by atoms with Crippen molar-refractivity contribution in [2.45, 2.75) is 19.5 Å². The lowest BCUT2D eigenvalue weighted by atomic mass is 10.0. The Balaban J connectivity index is 1.63. The third-order valence-corrected chi connectivity index (χ3v) is 5.70. The van der Waals surface area contributed by atoms with E-state index in [1.165, 1.54) is 0 Å². The molecule has 0 saturated heterocycles. The standard InChI is InChI=1S/C20H21N3O3S/c1-25-16-5-3-6-17(26-2)14(16)11-23-9-8-13-15(12-23)21-19(22-20(13)24)18-7-4-10-27-18/h3-7,10H,8-9,11-12H2,1-2H3,(H,21,22,24). The number of benzene rings is 1. The molecule has 0 bridgehead atoms. The summed E-state index contributed by atoms with van der Waals surface area (Å²) in [6, 6.07) is 9.72. The normalized spacial score (nSPS) is 14.0. The van der Waals surface area contributed by atoms with E-state index in [4.69, 9.17) is 14.5 Å². The fourth-order valence-corrected chi connectivity index (χ4v) is 4.14. The molecule has 0 amide bonds. The van der Waals surface area contributed by atoms with E-state index in [9.17, 15) is 4.79 Å². The third-order valence-electron chi connectivity index (χ3n) is 4.82. The summed E-state index contributed by atoms with van der Waals surface area (Å²) in [4.78, 5) is 23.4. The zero-order chi connectivity index (χ0) is 18.8. The highest BCUT2D eigenvalue weighted by Crippen LogP contribution is 2.31. The number of methoxy groups -OCH3 is 2. The first-order chi connectivity index (χ1) is 13.2. The maximum atomic E-state index is 12.5. The molecule has 6 nitrogen and oxygen atoms in total. The molecule has 4 rings (SSSR count). The van der Waals surface area contributed by atoms with Crippen molar-refractivity contribution in [2.75, 3.05) is 20.8 Å². The smallest absolute Gasteiger partial charge is 0.254 e. The molecule has 0 fully saturated rings. The van der Waals surface area contributed by atoms with Crippen LogP contribution in [0.2, 0.25) is 0 Å². The lowest BCUT2D eigenvalue weighted by molar-refractivity contribution is 0.233. The Hall–Kier alpha value is -2.64. The number of hydrogen-bond donors (Lipinski definition) is 1. The van der Waals surface area contributed by atoms with Gasteiger partial charge in [-0.2, -0.15) is 0 Å². The summed E-state index contributed by atoms with van der Waals surface area (Å²) < 4.78 is 11.0. The second-order valence-corrected chi connectivity index (χ2v) is 7.37. The van der Waals surface area contributed by atoms with Crippen LogP contribution >= 0.6 is 11.3 Å². The quantitative estimate of drug-likeness (QED) is 0.733. The van der Waals surface area contributed by atoms with Gasteiger partial charge in [0, 0.05) is 25.2 Å². The monoisotopic (exact) mass is 383 g/mol. The van der Waals surface area contributed by atoms with Gasteiger partial charge in [0.15, 0.2) is 5.82 Å². The van der Waals surface area contributed by atoms with E-state index >= 15 is 0 Å². The number of rotatable bonds is 5. The zero-order valence-corrected chi connectivity index (χ0v) is 16.1. The highest BCUT2D eigenvalue weighted by molar-refractivity contribution is 7.13. The Morgan fingerprint density at radius 1 is 1.19 bits per heavy atom. The molecule has 0 aliphatic carbocycles. The van der Waals surface area contributed by atoms with Gasteiger partial charge < -0.3 is 14.5 Å². The van der Waals surface area contributed by atoms with E-state index in [0.29, 0.717) is 25.3 Å². The molecule has 0 atom stereocenters. The predicted octanol–water partition coefficient (Wildman–Crippen LogP) is 3.07. The fourth-order valence-electron chi connectivity index (χ4n) is 3.47. The summed E-state index contributed by atoms with van der Waals surface area (Å²) in [6.45, 7) is 2.09. The molecule has 27 heavy (non-hydrogen) atoms. The van der Waals surface area contributed by atoms with Crippen LogP contribution < -0.4 is 15.0 Å². The summed E-state index contributed by atoms with van der Waals surface area (Å²) in [6.07, 6.45) is 0.680. The van der Waals surface area contributed by atoms with Crippen LogP contribution in [0.5, 0.6) is 11.5 Å². The second-order valence-electron chi connectivity index (χ2n) is 6.42. The minimum atomic E-state index is -0.0297. The Kier molecular flexibility index (Phi) is 4.96. The molecule has 0 unspecified atom stereocenters. The van der Waals surface area contributed by atoms with Crippen LogP contribution in [-0.4, -0.2) is 35.6 Å². The van der Waals surface area contributed by atoms with Crippen molar-refractivity contribution in [3.8, 4) is 22.2 Å². The number of nitrogens with one attached hydrogen (secondary N) is 1. The third kappa shape index (κ3) is 3.48. The number of nitrogens with zero attached hydrogens (tertiary/aromatic N) is 2. The first-order valence-electron chi connectivity index (χ1n) is 8.77. The number of hydrogen-bond acceptors (Lipinski definition) is 6. The van der Waals surface area contributed by atoms with Gasteiger partial charge >= 0.3 is 0 Å². The molecule has 3 heterocycles. The number of aromatic amines is 1. The van der Waals surface area contributed by atoms with Gasteiger partial charge in [-0.25, -0.2) is 4.98 Å². The summed E-state index contributed by atoms with van der Waals surface area (Å²) in [5, 5.41) is 1.98. The van der Waals surface area contributed by atoms with Crippen LogP contribution in [0.25, 0.3) is 10.7 Å². The van der Waals surface area contributed by atoms with E-state index in [-0.39, 0.29) is 5.56 Å². The van der Waals surface area contributed by atoms with Gasteiger partial charge in [-0.15, -0.1) is 11.3 Å². The van der Waals surface area contributed by atoms with Crippen molar-refractivity contribution >= 4 is 11.3 Å². The molecule has 140 valence electrons. The minimum Gasteiger partial charge on any atom is -0.496 e. The lowest BCUT2D eigenvalue weighted by Gasteiger charge is -2.28. The summed E-state index contributed by atoms with van der Waals surface area (Å²) in [7, 11) is 3.33. The molecule has 2 aromatic heterocycles. The van der Waals surface area contributed by atoms with Gasteiger partial charge in [-0.05, 0) is 30.0 Å². The van der Waals surface area contributed by atoms with Crippen LogP contribution in [0, 0.1) is 0 Å². The maximum Gasteiger partial charge on any atom is 0.254 e. The first kappa shape index (κ1) is 17.8. The van der Waals surface area contributed by atoms with Crippen molar-refractivity contribution in [2.24, 2.45) is 0 Å². The summed E-state index contributed by atoms with van der Waals surface area (Å²) >= 11 is 1.57. The Bertz CT molecular complexity index is 976. The number of fused-ring (bicyclic) bond motifs is 1. The highest BCUT2D eigenvalue weighted by atomic mass is 32.1. The average molecular weight is 383 g/mol. The van der Waals surface area contributed by atoms with Gasteiger partial charge in [0.2, 0.25) is 0 Å². The minimum absolute atomic E-state index is 0.0297. The van der Waals surface area contributed by atoms with Crippen LogP contribution in [-0.2, 0) is 19.5 Å². The molecule has 1 aromatic carbocycles. The molecule has 1 N–H and O–H groups in total. The molecule has 7 heteroatoms. The van der Waals surface area contributed by atoms with Gasteiger partial charge in [0.25, 0.3) is 5.56 Å². The number of aromatic nitrogens is 2. The molecular weight excluding hydrogens is 362 g/mol. The van der Waals surface area contributed by atoms with Gasteiger partial charge in [0.05, 0.1) is 30.4 Å². The van der Waals surface area contributed by atoms with Gasteiger partial charge in [-0.3, -0.25) is 9.69 Å². The average Bonchev–Trinajstić information content (AvgIpc) is 3.22. The fraction of sp³-hybridized carbons (Fsp3) is 0.300. The second kappa shape index (κ2) is 7.54. The molecular formula is C20H21N3O3S. The lowest BCUT2D eigenvalue weighted by Crippen LogP contribution is -2.35. The molecule has 3 aromatic rings. The number of thiophene rings is 1. The van der Waals surface area contributed by atoms with Crippen molar-refractivity contribution in [1.82, 2.24) is 14.9 Å². The maximum absolute atomic E-state index is 12.5. The largest absolute Gasteiger partial charge is 0.496 e. The van der Waals surface area contributed by atoms with E-state index in [1.807, 2.05) is 35.7 Å². The van der Waals surface area contributed by atoms with Crippen molar-refractivity contribution in [3.63, 3.8) is 0 Å². The van der Waals surface area contributed by atoms with Crippen LogP contribution in [0.15, 0.2) is 40.5 Å². The van der Waals surface area contributed by atoms with Gasteiger partial charge in [-0.1, -0.05) is 12.1 Å². The number of H-pyrrole nitrogens is 1. The summed E-state index contributed by atoms with van der Waals surface area (Å²) in [5.74, 6) is 2.25. The predicted molar refractivity (Wildman–Crippen MR) is 106 cm³/mol. The zero-order valence-electron chi connectivity index (χ0n) is 15.3. The SMILES string of the molecule is COc1cccc(OC)c1CN1CCc2c(nc(-c3cccs3)[nH]c2=O)C1. The van der Waals surface area contributed by atoms with Crippen LogP contribution in [0.4, 0.5) is 0 Å².